The van der Waals surface area contributed by atoms with Gasteiger partial charge in [0.1, 0.15) is 0 Å². The topological polar surface area (TPSA) is 64.7 Å². The number of hydrogen-bond donors (Lipinski definition) is 1. The number of hydrogen-bond acceptors (Lipinski definition) is 3. The molecule has 1 amide bonds. The van der Waals surface area contributed by atoms with Crippen LogP contribution in [0.1, 0.15) is 72.4 Å². The molecule has 7 rings (SSSR count). The first-order valence-electron chi connectivity index (χ1n) is 12.9. The number of carbonyl (C=O) groups is 1. The van der Waals surface area contributed by atoms with Crippen molar-refractivity contribution in [3.8, 4) is 5.69 Å². The first-order chi connectivity index (χ1) is 16.5. The van der Waals surface area contributed by atoms with E-state index in [4.69, 9.17) is 5.10 Å². The van der Waals surface area contributed by atoms with Crippen LogP contribution in [0.25, 0.3) is 5.69 Å². The van der Waals surface area contributed by atoms with Gasteiger partial charge in [-0.15, -0.1) is 0 Å². The number of benzene rings is 1. The maximum absolute atomic E-state index is 13.5. The fourth-order valence-corrected chi connectivity index (χ4v) is 7.47. The average molecular weight is 458 g/mol. The molecule has 4 saturated carbocycles. The molecule has 0 aliphatic heterocycles. The Balaban J connectivity index is 1.25. The summed E-state index contributed by atoms with van der Waals surface area (Å²) in [5.41, 5.74) is 5.11. The van der Waals surface area contributed by atoms with Crippen LogP contribution >= 0.6 is 0 Å². The normalized spacial score (nSPS) is 27.3. The second-order valence-electron chi connectivity index (χ2n) is 11.1. The summed E-state index contributed by atoms with van der Waals surface area (Å²) >= 11 is 0. The van der Waals surface area contributed by atoms with Crippen LogP contribution in [-0.4, -0.2) is 32.0 Å². The zero-order valence-corrected chi connectivity index (χ0v) is 20.3. The van der Waals surface area contributed by atoms with Crippen LogP contribution in [0.15, 0.2) is 42.6 Å². The van der Waals surface area contributed by atoms with Gasteiger partial charge in [0, 0.05) is 30.4 Å². The Morgan fingerprint density at radius 2 is 1.71 bits per heavy atom. The van der Waals surface area contributed by atoms with Crippen LogP contribution in [0, 0.1) is 31.6 Å². The SMILES string of the molecule is Cc1cc(C)n(CCCNC(=O)c2cn(-c3ccccc3)nc2C23CC4CC(CC(C4)C2)C3)n1. The monoisotopic (exact) mass is 457 g/mol. The van der Waals surface area contributed by atoms with Gasteiger partial charge in [-0.05, 0) is 94.7 Å². The van der Waals surface area contributed by atoms with Gasteiger partial charge in [-0.25, -0.2) is 4.68 Å². The van der Waals surface area contributed by atoms with Crippen molar-refractivity contribution < 1.29 is 4.79 Å². The van der Waals surface area contributed by atoms with Gasteiger partial charge in [-0.3, -0.25) is 9.48 Å². The van der Waals surface area contributed by atoms with E-state index in [2.05, 4.69) is 35.5 Å². The molecule has 1 aromatic carbocycles. The molecule has 34 heavy (non-hydrogen) atoms. The van der Waals surface area contributed by atoms with E-state index >= 15 is 0 Å². The lowest BCUT2D eigenvalue weighted by atomic mass is 9.48. The molecule has 6 nitrogen and oxygen atoms in total. The van der Waals surface area contributed by atoms with Gasteiger partial charge in [0.2, 0.25) is 0 Å². The third-order valence-corrected chi connectivity index (χ3v) is 8.46. The predicted octanol–water partition coefficient (Wildman–Crippen LogP) is 4.97. The molecule has 6 heteroatoms. The number of para-hydroxylation sites is 1. The van der Waals surface area contributed by atoms with Gasteiger partial charge in [0.05, 0.1) is 22.6 Å². The maximum Gasteiger partial charge on any atom is 0.254 e. The third-order valence-electron chi connectivity index (χ3n) is 8.46. The molecule has 4 aliphatic carbocycles. The molecule has 0 radical (unpaired) electrons. The van der Waals surface area contributed by atoms with E-state index in [9.17, 15) is 4.79 Å². The van der Waals surface area contributed by atoms with E-state index in [1.54, 1.807) is 0 Å². The molecule has 2 aromatic heterocycles. The van der Waals surface area contributed by atoms with Crippen molar-refractivity contribution in [3.05, 3.63) is 65.2 Å². The number of rotatable bonds is 7. The summed E-state index contributed by atoms with van der Waals surface area (Å²) in [5.74, 6) is 2.45. The zero-order chi connectivity index (χ0) is 23.3. The van der Waals surface area contributed by atoms with E-state index in [1.807, 2.05) is 40.7 Å². The predicted molar refractivity (Wildman–Crippen MR) is 132 cm³/mol. The van der Waals surface area contributed by atoms with Crippen molar-refractivity contribution in [2.75, 3.05) is 6.54 Å². The highest BCUT2D eigenvalue weighted by atomic mass is 16.1. The Kier molecular flexibility index (Phi) is 5.34. The molecule has 0 spiro atoms. The highest BCUT2D eigenvalue weighted by molar-refractivity contribution is 5.95. The number of carbonyl (C=O) groups excluding carboxylic acids is 1. The van der Waals surface area contributed by atoms with E-state index in [0.717, 1.165) is 59.1 Å². The largest absolute Gasteiger partial charge is 0.352 e. The van der Waals surface area contributed by atoms with E-state index < -0.39 is 0 Å². The molecule has 4 fully saturated rings. The molecule has 178 valence electrons. The van der Waals surface area contributed by atoms with Crippen LogP contribution in [0.5, 0.6) is 0 Å². The second-order valence-corrected chi connectivity index (χ2v) is 11.1. The second kappa shape index (κ2) is 8.40. The highest BCUT2D eigenvalue weighted by Crippen LogP contribution is 2.60. The molecule has 3 aromatic rings. The Bertz CT molecular complexity index is 1160. The summed E-state index contributed by atoms with van der Waals surface area (Å²) in [6.45, 7) is 5.54. The van der Waals surface area contributed by atoms with Gasteiger partial charge in [0.25, 0.3) is 5.91 Å². The van der Waals surface area contributed by atoms with E-state index in [1.165, 1.54) is 38.5 Å². The maximum atomic E-state index is 13.5. The molecular formula is C28H35N5O. The molecule has 1 N–H and O–H groups in total. The summed E-state index contributed by atoms with van der Waals surface area (Å²) in [6.07, 6.45) is 10.6. The first kappa shape index (κ1) is 21.6. The van der Waals surface area contributed by atoms with Crippen LogP contribution in [0.3, 0.4) is 0 Å². The smallest absolute Gasteiger partial charge is 0.254 e. The van der Waals surface area contributed by atoms with E-state index in [-0.39, 0.29) is 11.3 Å². The number of aryl methyl sites for hydroxylation is 3. The van der Waals surface area contributed by atoms with Gasteiger partial charge in [0.15, 0.2) is 0 Å². The van der Waals surface area contributed by atoms with Crippen LogP contribution in [0.2, 0.25) is 0 Å². The van der Waals surface area contributed by atoms with Crippen molar-refractivity contribution in [2.45, 2.75) is 70.8 Å². The molecule has 0 atom stereocenters. The van der Waals surface area contributed by atoms with Crippen molar-refractivity contribution in [1.82, 2.24) is 24.9 Å². The first-order valence-corrected chi connectivity index (χ1v) is 12.9. The van der Waals surface area contributed by atoms with Crippen LogP contribution in [0.4, 0.5) is 0 Å². The van der Waals surface area contributed by atoms with Crippen molar-refractivity contribution in [2.24, 2.45) is 17.8 Å². The number of amides is 1. The van der Waals surface area contributed by atoms with Crippen molar-refractivity contribution in [3.63, 3.8) is 0 Å². The Hall–Kier alpha value is -2.89. The lowest BCUT2D eigenvalue weighted by Crippen LogP contribution is -2.49. The Labute approximate surface area is 201 Å². The zero-order valence-electron chi connectivity index (χ0n) is 20.3. The molecule has 4 bridgehead atoms. The summed E-state index contributed by atoms with van der Waals surface area (Å²) in [6, 6.07) is 12.3. The number of nitrogens with zero attached hydrogens (tertiary/aromatic N) is 4. The molecule has 2 heterocycles. The lowest BCUT2D eigenvalue weighted by Gasteiger charge is -2.56. The van der Waals surface area contributed by atoms with Gasteiger partial charge < -0.3 is 5.32 Å². The minimum absolute atomic E-state index is 0.0151. The molecule has 0 unspecified atom stereocenters. The Morgan fingerprint density at radius 3 is 2.32 bits per heavy atom. The van der Waals surface area contributed by atoms with Gasteiger partial charge in [-0.2, -0.15) is 10.2 Å². The summed E-state index contributed by atoms with van der Waals surface area (Å²) in [5, 5.41) is 12.9. The molecule has 0 saturated heterocycles. The quantitative estimate of drug-likeness (QED) is 0.509. The number of aromatic nitrogens is 4. The van der Waals surface area contributed by atoms with Crippen molar-refractivity contribution in [1.29, 1.82) is 0 Å². The highest BCUT2D eigenvalue weighted by Gasteiger charge is 2.53. The lowest BCUT2D eigenvalue weighted by molar-refractivity contribution is -0.00770. The minimum Gasteiger partial charge on any atom is -0.352 e. The summed E-state index contributed by atoms with van der Waals surface area (Å²) < 4.78 is 3.95. The van der Waals surface area contributed by atoms with E-state index in [0.29, 0.717) is 6.54 Å². The Morgan fingerprint density at radius 1 is 1.03 bits per heavy atom. The minimum atomic E-state index is 0.0151. The standard InChI is InChI=1S/C28H35N5O/c1-19-11-20(2)32(30-19)10-6-9-29-27(34)25-18-33(24-7-4-3-5-8-24)31-26(25)28-15-21-12-22(16-28)14-23(13-21)17-28/h3-5,7-8,11,18,21-23H,6,9-10,12-17H2,1-2H3,(H,29,34). The fraction of sp³-hybridized carbons (Fsp3) is 0.536. The van der Waals surface area contributed by atoms with Crippen molar-refractivity contribution >= 4 is 5.91 Å². The number of nitrogens with one attached hydrogen (secondary N) is 1. The fourth-order valence-electron chi connectivity index (χ4n) is 7.47. The van der Waals surface area contributed by atoms with Gasteiger partial charge in [-0.1, -0.05) is 18.2 Å². The summed E-state index contributed by atoms with van der Waals surface area (Å²) in [7, 11) is 0. The van der Waals surface area contributed by atoms with Crippen LogP contribution < -0.4 is 5.32 Å². The summed E-state index contributed by atoms with van der Waals surface area (Å²) in [4.78, 5) is 13.5. The molecular weight excluding hydrogens is 422 g/mol. The van der Waals surface area contributed by atoms with Crippen LogP contribution in [-0.2, 0) is 12.0 Å². The third kappa shape index (κ3) is 3.87. The molecule has 4 aliphatic rings. The van der Waals surface area contributed by atoms with Gasteiger partial charge >= 0.3 is 0 Å². The average Bonchev–Trinajstić information content (AvgIpc) is 3.40.